The molecule has 15 heavy (non-hydrogen) atoms. The van der Waals surface area contributed by atoms with Gasteiger partial charge in [-0.1, -0.05) is 0 Å². The summed E-state index contributed by atoms with van der Waals surface area (Å²) in [5.74, 6) is 0.382. The summed E-state index contributed by atoms with van der Waals surface area (Å²) in [5.41, 5.74) is 12.4. The van der Waals surface area contributed by atoms with Crippen molar-refractivity contribution in [2.45, 2.75) is 19.8 Å². The van der Waals surface area contributed by atoms with Crippen molar-refractivity contribution in [3.8, 4) is 0 Å². The van der Waals surface area contributed by atoms with E-state index in [-0.39, 0.29) is 11.2 Å². The van der Waals surface area contributed by atoms with Crippen molar-refractivity contribution in [2.24, 2.45) is 11.1 Å². The highest BCUT2D eigenvalue weighted by atomic mass is 16.1. The van der Waals surface area contributed by atoms with Gasteiger partial charge in [-0.15, -0.1) is 0 Å². The molecule has 0 bridgehead atoms. The number of nitrogen functional groups attached to an aromatic ring is 1. The van der Waals surface area contributed by atoms with Crippen LogP contribution in [0.5, 0.6) is 0 Å². The van der Waals surface area contributed by atoms with E-state index in [1.54, 1.807) is 12.3 Å². The van der Waals surface area contributed by atoms with E-state index in [0.717, 1.165) is 18.4 Å². The number of ketones is 1. The van der Waals surface area contributed by atoms with E-state index in [0.29, 0.717) is 17.9 Å². The summed E-state index contributed by atoms with van der Waals surface area (Å²) in [6.45, 7) is 2.28. The zero-order valence-electron chi connectivity index (χ0n) is 8.79. The Morgan fingerprint density at radius 3 is 2.73 bits per heavy atom. The zero-order valence-corrected chi connectivity index (χ0v) is 8.79. The lowest BCUT2D eigenvalue weighted by atomic mass is 9.92. The maximum atomic E-state index is 12.2. The Morgan fingerprint density at radius 2 is 2.27 bits per heavy atom. The van der Waals surface area contributed by atoms with Crippen molar-refractivity contribution in [1.29, 1.82) is 0 Å². The maximum Gasteiger partial charge on any atom is 0.174 e. The van der Waals surface area contributed by atoms with Crippen molar-refractivity contribution >= 4 is 11.6 Å². The van der Waals surface area contributed by atoms with Crippen LogP contribution in [-0.2, 0) is 0 Å². The Bertz CT molecular complexity index is 390. The highest BCUT2D eigenvalue weighted by molar-refractivity contribution is 6.06. The number of hydrogen-bond donors (Lipinski definition) is 2. The van der Waals surface area contributed by atoms with Crippen LogP contribution in [0, 0.1) is 12.3 Å². The van der Waals surface area contributed by atoms with Gasteiger partial charge in [-0.2, -0.15) is 0 Å². The highest BCUT2D eigenvalue weighted by Gasteiger charge is 2.49. The molecule has 80 valence electrons. The molecule has 0 aromatic carbocycles. The van der Waals surface area contributed by atoms with Crippen molar-refractivity contribution in [2.75, 3.05) is 12.3 Å². The summed E-state index contributed by atoms with van der Waals surface area (Å²) < 4.78 is 0. The number of anilines is 1. The molecule has 4 heteroatoms. The predicted octanol–water partition coefficient (Wildman–Crippen LogP) is 0.894. The Labute approximate surface area is 88.7 Å². The van der Waals surface area contributed by atoms with Gasteiger partial charge in [0.05, 0.1) is 5.56 Å². The minimum atomic E-state index is -0.345. The maximum absolute atomic E-state index is 12.2. The third-order valence-electron chi connectivity index (χ3n) is 3.14. The topological polar surface area (TPSA) is 82.0 Å². The van der Waals surface area contributed by atoms with Crippen molar-refractivity contribution in [3.05, 3.63) is 23.4 Å². The number of pyridine rings is 1. The second kappa shape index (κ2) is 3.31. The molecule has 0 spiro atoms. The predicted molar refractivity (Wildman–Crippen MR) is 58.4 cm³/mol. The van der Waals surface area contributed by atoms with Crippen LogP contribution in [0.2, 0.25) is 0 Å². The first-order valence-corrected chi connectivity index (χ1v) is 5.07. The van der Waals surface area contributed by atoms with Gasteiger partial charge < -0.3 is 11.5 Å². The molecule has 0 atom stereocenters. The second-order valence-corrected chi connectivity index (χ2v) is 4.20. The number of nitrogens with two attached hydrogens (primary N) is 2. The largest absolute Gasteiger partial charge is 0.383 e. The summed E-state index contributed by atoms with van der Waals surface area (Å²) in [6, 6.07) is 1.80. The lowest BCUT2D eigenvalue weighted by Crippen LogP contribution is -2.27. The molecule has 1 aliphatic rings. The van der Waals surface area contributed by atoms with E-state index in [9.17, 15) is 4.79 Å². The van der Waals surface area contributed by atoms with E-state index in [1.807, 2.05) is 6.92 Å². The molecule has 0 aliphatic heterocycles. The van der Waals surface area contributed by atoms with Crippen molar-refractivity contribution in [1.82, 2.24) is 4.98 Å². The molecule has 0 saturated heterocycles. The number of rotatable bonds is 3. The molecule has 1 aromatic heterocycles. The quantitative estimate of drug-likeness (QED) is 0.718. The Kier molecular flexibility index (Phi) is 2.23. The van der Waals surface area contributed by atoms with Gasteiger partial charge in [-0.3, -0.25) is 4.79 Å². The number of aromatic nitrogens is 1. The van der Waals surface area contributed by atoms with E-state index >= 15 is 0 Å². The summed E-state index contributed by atoms with van der Waals surface area (Å²) in [4.78, 5) is 16.2. The molecule has 4 N–H and O–H groups in total. The van der Waals surface area contributed by atoms with Crippen LogP contribution in [0.3, 0.4) is 0 Å². The van der Waals surface area contributed by atoms with E-state index in [1.165, 1.54) is 0 Å². The van der Waals surface area contributed by atoms with Gasteiger partial charge in [0.2, 0.25) is 0 Å². The lowest BCUT2D eigenvalue weighted by molar-refractivity contribution is 0.0905. The summed E-state index contributed by atoms with van der Waals surface area (Å²) in [5, 5.41) is 0. The van der Waals surface area contributed by atoms with Gasteiger partial charge in [-0.05, 0) is 31.4 Å². The van der Waals surface area contributed by atoms with Crippen LogP contribution in [0.25, 0.3) is 0 Å². The van der Waals surface area contributed by atoms with E-state index in [2.05, 4.69) is 4.98 Å². The number of nitrogens with zero attached hydrogens (tertiary/aromatic N) is 1. The first kappa shape index (κ1) is 10.1. The third kappa shape index (κ3) is 1.51. The summed E-state index contributed by atoms with van der Waals surface area (Å²) >= 11 is 0. The molecule has 1 aromatic rings. The molecule has 4 nitrogen and oxygen atoms in total. The van der Waals surface area contributed by atoms with Crippen molar-refractivity contribution < 1.29 is 4.79 Å². The lowest BCUT2D eigenvalue weighted by Gasteiger charge is -2.14. The van der Waals surface area contributed by atoms with Gasteiger partial charge in [0.15, 0.2) is 5.78 Å². The highest BCUT2D eigenvalue weighted by Crippen LogP contribution is 2.48. The Balaban J connectivity index is 2.42. The summed E-state index contributed by atoms with van der Waals surface area (Å²) in [7, 11) is 0. The van der Waals surface area contributed by atoms with E-state index in [4.69, 9.17) is 11.5 Å². The van der Waals surface area contributed by atoms with Crippen LogP contribution in [-0.4, -0.2) is 17.3 Å². The molecule has 1 fully saturated rings. The fourth-order valence-corrected chi connectivity index (χ4v) is 1.81. The van der Waals surface area contributed by atoms with Crippen LogP contribution in [0.4, 0.5) is 5.82 Å². The fourth-order valence-electron chi connectivity index (χ4n) is 1.81. The van der Waals surface area contributed by atoms with E-state index < -0.39 is 0 Å². The van der Waals surface area contributed by atoms with Crippen LogP contribution >= 0.6 is 0 Å². The molecule has 1 heterocycles. The molecular weight excluding hydrogens is 190 g/mol. The minimum Gasteiger partial charge on any atom is -0.383 e. The standard InChI is InChI=1S/C11H15N3O/c1-7-2-5-14-10(13)8(7)9(15)11(6-12)3-4-11/h2,5H,3-4,6,12H2,1H3,(H2,13,14). The van der Waals surface area contributed by atoms with Gasteiger partial charge in [0, 0.05) is 18.2 Å². The number of aryl methyl sites for hydroxylation is 1. The number of carbonyl (C=O) groups excluding carboxylic acids is 1. The van der Waals surface area contributed by atoms with Crippen LogP contribution in [0.15, 0.2) is 12.3 Å². The Morgan fingerprint density at radius 1 is 1.60 bits per heavy atom. The molecular formula is C11H15N3O. The average Bonchev–Trinajstić information content (AvgIpc) is 2.97. The minimum absolute atomic E-state index is 0.0631. The zero-order chi connectivity index (χ0) is 11.1. The molecule has 0 radical (unpaired) electrons. The van der Waals surface area contributed by atoms with Gasteiger partial charge >= 0.3 is 0 Å². The number of carbonyl (C=O) groups is 1. The first-order chi connectivity index (χ1) is 7.10. The van der Waals surface area contributed by atoms with Gasteiger partial charge in [0.1, 0.15) is 5.82 Å². The fraction of sp³-hybridized carbons (Fsp3) is 0.455. The number of hydrogen-bond acceptors (Lipinski definition) is 4. The molecule has 1 saturated carbocycles. The summed E-state index contributed by atoms with van der Waals surface area (Å²) in [6.07, 6.45) is 3.36. The monoisotopic (exact) mass is 205 g/mol. The SMILES string of the molecule is Cc1ccnc(N)c1C(=O)C1(CN)CC1. The Hall–Kier alpha value is -1.42. The third-order valence-corrected chi connectivity index (χ3v) is 3.14. The van der Waals surface area contributed by atoms with Crippen LogP contribution in [0.1, 0.15) is 28.8 Å². The molecule has 2 rings (SSSR count). The first-order valence-electron chi connectivity index (χ1n) is 5.07. The van der Waals surface area contributed by atoms with Crippen LogP contribution < -0.4 is 11.5 Å². The average molecular weight is 205 g/mol. The second-order valence-electron chi connectivity index (χ2n) is 4.20. The van der Waals surface area contributed by atoms with Gasteiger partial charge in [0.25, 0.3) is 0 Å². The number of Topliss-reactive ketones (excluding diaryl/α,β-unsaturated/α-hetero) is 1. The normalized spacial score (nSPS) is 17.5. The van der Waals surface area contributed by atoms with Crippen molar-refractivity contribution in [3.63, 3.8) is 0 Å². The van der Waals surface area contributed by atoms with Gasteiger partial charge in [-0.25, -0.2) is 4.98 Å². The molecule has 0 amide bonds. The molecule has 1 aliphatic carbocycles. The molecule has 0 unspecified atom stereocenters. The smallest absolute Gasteiger partial charge is 0.174 e.